The predicted molar refractivity (Wildman–Crippen MR) is 92.1 cm³/mol. The van der Waals surface area contributed by atoms with Crippen LogP contribution in [0.3, 0.4) is 0 Å². The number of piperidine rings is 1. The van der Waals surface area contributed by atoms with Gasteiger partial charge in [0.2, 0.25) is 0 Å². The van der Waals surface area contributed by atoms with E-state index < -0.39 is 0 Å². The molecule has 1 saturated heterocycles. The third-order valence-corrected chi connectivity index (χ3v) is 5.56. The standard InChI is InChI=1S/C19H29NO4/c1-5-23-18(21)9-7-8-15-16-11-20(19(22)24-6-2)12-17(15)14(4)10-13(16)3/h6-7,9,13-17H,2,5,8,10-12H2,1,3-4H3. The zero-order valence-electron chi connectivity index (χ0n) is 14.9. The maximum Gasteiger partial charge on any atom is 0.414 e. The molecule has 0 N–H and O–H groups in total. The lowest BCUT2D eigenvalue weighted by atomic mass is 9.59. The summed E-state index contributed by atoms with van der Waals surface area (Å²) >= 11 is 0. The summed E-state index contributed by atoms with van der Waals surface area (Å²) in [4.78, 5) is 25.4. The highest BCUT2D eigenvalue weighted by Crippen LogP contribution is 2.47. The Morgan fingerprint density at radius 1 is 1.21 bits per heavy atom. The molecule has 2 aliphatic rings. The van der Waals surface area contributed by atoms with E-state index in [1.165, 1.54) is 18.8 Å². The highest BCUT2D eigenvalue weighted by Gasteiger charge is 2.46. The quantitative estimate of drug-likeness (QED) is 0.437. The minimum atomic E-state index is -0.304. The molecule has 1 heterocycles. The van der Waals surface area contributed by atoms with Gasteiger partial charge in [0.1, 0.15) is 0 Å². The molecule has 2 fully saturated rings. The zero-order valence-corrected chi connectivity index (χ0v) is 14.9. The molecule has 4 atom stereocenters. The second-order valence-corrected chi connectivity index (χ2v) is 7.03. The van der Waals surface area contributed by atoms with Gasteiger partial charge in [-0.2, -0.15) is 0 Å². The minimum Gasteiger partial charge on any atom is -0.463 e. The molecule has 4 unspecified atom stereocenters. The summed E-state index contributed by atoms with van der Waals surface area (Å²) in [6, 6.07) is 0. The van der Waals surface area contributed by atoms with Crippen molar-refractivity contribution in [2.24, 2.45) is 29.6 Å². The lowest BCUT2D eigenvalue weighted by molar-refractivity contribution is -0.137. The van der Waals surface area contributed by atoms with Crippen molar-refractivity contribution >= 4 is 12.1 Å². The molecule has 1 aliphatic carbocycles. The fourth-order valence-corrected chi connectivity index (χ4v) is 4.47. The third kappa shape index (κ3) is 4.19. The van der Waals surface area contributed by atoms with Gasteiger partial charge in [0.25, 0.3) is 0 Å². The molecule has 1 amide bonds. The van der Waals surface area contributed by atoms with Crippen LogP contribution < -0.4 is 0 Å². The zero-order chi connectivity index (χ0) is 17.7. The van der Waals surface area contributed by atoms with Crippen molar-refractivity contribution in [2.75, 3.05) is 19.7 Å². The largest absolute Gasteiger partial charge is 0.463 e. The number of amides is 1. The number of rotatable bonds is 5. The van der Waals surface area contributed by atoms with Gasteiger partial charge in [0.05, 0.1) is 12.9 Å². The molecule has 134 valence electrons. The summed E-state index contributed by atoms with van der Waals surface area (Å²) in [5, 5.41) is 0. The molecule has 0 aromatic carbocycles. The molecule has 24 heavy (non-hydrogen) atoms. The van der Waals surface area contributed by atoms with E-state index in [-0.39, 0.29) is 12.1 Å². The van der Waals surface area contributed by atoms with Gasteiger partial charge in [-0.3, -0.25) is 0 Å². The second kappa shape index (κ2) is 8.36. The average Bonchev–Trinajstić information content (AvgIpc) is 2.53. The molecule has 0 aromatic rings. The normalized spacial score (nSPS) is 32.5. The number of carbonyl (C=O) groups excluding carboxylic acids is 2. The molecule has 0 aromatic heterocycles. The van der Waals surface area contributed by atoms with Crippen LogP contribution in [0.25, 0.3) is 0 Å². The highest BCUT2D eigenvalue weighted by atomic mass is 16.5. The Bertz CT molecular complexity index is 484. The van der Waals surface area contributed by atoms with Crippen molar-refractivity contribution < 1.29 is 19.1 Å². The smallest absolute Gasteiger partial charge is 0.414 e. The Labute approximate surface area is 144 Å². The van der Waals surface area contributed by atoms with E-state index in [1.54, 1.807) is 6.92 Å². The molecular formula is C19H29NO4. The summed E-state index contributed by atoms with van der Waals surface area (Å²) in [6.45, 7) is 11.6. The number of carbonyl (C=O) groups is 2. The molecule has 2 rings (SSSR count). The monoisotopic (exact) mass is 335 g/mol. The van der Waals surface area contributed by atoms with Crippen molar-refractivity contribution in [3.05, 3.63) is 25.0 Å². The Hall–Kier alpha value is -1.78. The molecule has 1 saturated carbocycles. The number of likely N-dealkylation sites (tertiary alicyclic amines) is 1. The van der Waals surface area contributed by atoms with Crippen LogP contribution in [0, 0.1) is 29.6 Å². The third-order valence-electron chi connectivity index (χ3n) is 5.56. The van der Waals surface area contributed by atoms with E-state index >= 15 is 0 Å². The number of fused-ring (bicyclic) bond motifs is 2. The van der Waals surface area contributed by atoms with Crippen LogP contribution in [0.4, 0.5) is 4.79 Å². The maximum absolute atomic E-state index is 12.1. The van der Waals surface area contributed by atoms with E-state index in [1.807, 2.05) is 11.0 Å². The van der Waals surface area contributed by atoms with Gasteiger partial charge in [-0.15, -0.1) is 0 Å². The second-order valence-electron chi connectivity index (χ2n) is 7.03. The van der Waals surface area contributed by atoms with Crippen LogP contribution in [-0.2, 0) is 14.3 Å². The number of allylic oxidation sites excluding steroid dienone is 1. The van der Waals surface area contributed by atoms with Gasteiger partial charge in [-0.25, -0.2) is 9.59 Å². The van der Waals surface area contributed by atoms with Crippen LogP contribution >= 0.6 is 0 Å². The van der Waals surface area contributed by atoms with E-state index in [2.05, 4.69) is 20.4 Å². The topological polar surface area (TPSA) is 55.8 Å². The molecule has 0 radical (unpaired) electrons. The first kappa shape index (κ1) is 18.6. The van der Waals surface area contributed by atoms with Gasteiger partial charge >= 0.3 is 12.1 Å². The first-order valence-corrected chi connectivity index (χ1v) is 8.87. The average molecular weight is 335 g/mol. The summed E-state index contributed by atoms with van der Waals surface area (Å²) in [5.41, 5.74) is 0. The molecule has 5 nitrogen and oxygen atoms in total. The van der Waals surface area contributed by atoms with Crippen molar-refractivity contribution in [1.82, 2.24) is 4.90 Å². The minimum absolute atomic E-state index is 0.282. The van der Waals surface area contributed by atoms with Gasteiger partial charge in [0, 0.05) is 19.2 Å². The SMILES string of the molecule is C=COC(=O)N1CC2C(C)CC(C)C(C1)C2CC=CC(=O)OCC. The lowest BCUT2D eigenvalue weighted by Gasteiger charge is -2.52. The Balaban J connectivity index is 2.07. The first-order valence-electron chi connectivity index (χ1n) is 8.87. The van der Waals surface area contributed by atoms with Gasteiger partial charge < -0.3 is 14.4 Å². The summed E-state index contributed by atoms with van der Waals surface area (Å²) in [5.74, 6) is 2.18. The highest BCUT2D eigenvalue weighted by molar-refractivity contribution is 5.81. The number of hydrogen-bond donors (Lipinski definition) is 0. The summed E-state index contributed by atoms with van der Waals surface area (Å²) < 4.78 is 9.91. The van der Waals surface area contributed by atoms with Crippen molar-refractivity contribution in [3.63, 3.8) is 0 Å². The number of esters is 1. The van der Waals surface area contributed by atoms with E-state index in [0.29, 0.717) is 36.2 Å². The Morgan fingerprint density at radius 2 is 1.83 bits per heavy atom. The molecule has 1 aliphatic heterocycles. The van der Waals surface area contributed by atoms with E-state index in [9.17, 15) is 9.59 Å². The summed E-state index contributed by atoms with van der Waals surface area (Å²) in [6.07, 6.45) is 6.41. The number of ether oxygens (including phenoxy) is 2. The molecular weight excluding hydrogens is 306 g/mol. The predicted octanol–water partition coefficient (Wildman–Crippen LogP) is 3.62. The first-order chi connectivity index (χ1) is 11.5. The molecule has 5 heteroatoms. The van der Waals surface area contributed by atoms with Crippen molar-refractivity contribution in [1.29, 1.82) is 0 Å². The Morgan fingerprint density at radius 3 is 2.38 bits per heavy atom. The van der Waals surface area contributed by atoms with Gasteiger partial charge in [-0.05, 0) is 49.4 Å². The van der Waals surface area contributed by atoms with Crippen LogP contribution in [-0.4, -0.2) is 36.7 Å². The fourth-order valence-electron chi connectivity index (χ4n) is 4.47. The van der Waals surface area contributed by atoms with Crippen LogP contribution in [0.1, 0.15) is 33.6 Å². The van der Waals surface area contributed by atoms with E-state index in [4.69, 9.17) is 9.47 Å². The lowest BCUT2D eigenvalue weighted by Crippen LogP contribution is -2.55. The van der Waals surface area contributed by atoms with Crippen LogP contribution in [0.2, 0.25) is 0 Å². The van der Waals surface area contributed by atoms with Crippen LogP contribution in [0.15, 0.2) is 25.0 Å². The van der Waals surface area contributed by atoms with E-state index in [0.717, 1.165) is 19.5 Å². The fraction of sp³-hybridized carbons (Fsp3) is 0.684. The van der Waals surface area contributed by atoms with Gasteiger partial charge in [0.15, 0.2) is 0 Å². The number of hydrogen-bond acceptors (Lipinski definition) is 4. The summed E-state index contributed by atoms with van der Waals surface area (Å²) in [7, 11) is 0. The van der Waals surface area contributed by atoms with Crippen molar-refractivity contribution in [3.8, 4) is 0 Å². The molecule has 0 spiro atoms. The molecule has 2 bridgehead atoms. The van der Waals surface area contributed by atoms with Crippen molar-refractivity contribution in [2.45, 2.75) is 33.6 Å². The van der Waals surface area contributed by atoms with Gasteiger partial charge in [-0.1, -0.05) is 26.5 Å². The number of nitrogens with zero attached hydrogens (tertiary/aromatic N) is 1. The maximum atomic E-state index is 12.1. The Kier molecular flexibility index (Phi) is 6.46. The van der Waals surface area contributed by atoms with Crippen LogP contribution in [0.5, 0.6) is 0 Å².